The van der Waals surface area contributed by atoms with Gasteiger partial charge in [-0.2, -0.15) is 0 Å². The molecule has 0 saturated carbocycles. The predicted octanol–water partition coefficient (Wildman–Crippen LogP) is 0.838. The summed E-state index contributed by atoms with van der Waals surface area (Å²) in [5.74, 6) is 0.766. The summed E-state index contributed by atoms with van der Waals surface area (Å²) in [5, 5.41) is 0. The van der Waals surface area contributed by atoms with E-state index in [1.54, 1.807) is 24.3 Å². The topological polar surface area (TPSA) is 47.1 Å². The van der Waals surface area contributed by atoms with Crippen molar-refractivity contribution in [3.8, 4) is 5.75 Å². The number of piperazine rings is 1. The van der Waals surface area contributed by atoms with Crippen LogP contribution in [0.3, 0.4) is 0 Å². The largest absolute Gasteiger partial charge is 0.488 e. The second kappa shape index (κ2) is 7.28. The molecule has 0 spiro atoms. The maximum atomic E-state index is 12.8. The number of carbonyl (C=O) groups is 1. The van der Waals surface area contributed by atoms with Gasteiger partial charge < -0.3 is 19.0 Å². The zero-order valence-electron chi connectivity index (χ0n) is 12.8. The Morgan fingerprint density at radius 3 is 2.61 bits per heavy atom. The van der Waals surface area contributed by atoms with Crippen molar-refractivity contribution in [1.82, 2.24) is 4.90 Å². The fourth-order valence-corrected chi connectivity index (χ4v) is 2.68. The van der Waals surface area contributed by atoms with Crippen LogP contribution in [-0.2, 0) is 0 Å². The molecule has 1 amide bonds. The third kappa shape index (κ3) is 4.10. The van der Waals surface area contributed by atoms with Crippen LogP contribution in [0, 0.1) is 5.82 Å². The highest BCUT2D eigenvalue weighted by Crippen LogP contribution is 2.10. The Hall–Kier alpha value is -2.34. The minimum Gasteiger partial charge on any atom is -0.488 e. The Morgan fingerprint density at radius 1 is 1.22 bits per heavy atom. The van der Waals surface area contributed by atoms with E-state index in [0.717, 1.165) is 19.6 Å². The first kappa shape index (κ1) is 15.6. The van der Waals surface area contributed by atoms with Crippen LogP contribution in [0.5, 0.6) is 5.75 Å². The van der Waals surface area contributed by atoms with E-state index in [0.29, 0.717) is 31.2 Å². The maximum Gasteiger partial charge on any atom is 0.289 e. The van der Waals surface area contributed by atoms with Crippen molar-refractivity contribution in [3.63, 3.8) is 0 Å². The number of carbonyl (C=O) groups excluding carboxylic acids is 1. The molecule has 1 N–H and O–H groups in total. The Bertz CT molecular complexity index is 620. The van der Waals surface area contributed by atoms with Gasteiger partial charge >= 0.3 is 0 Å². The van der Waals surface area contributed by atoms with E-state index in [9.17, 15) is 9.18 Å². The highest BCUT2D eigenvalue weighted by Gasteiger charge is 2.25. The van der Waals surface area contributed by atoms with Gasteiger partial charge in [-0.05, 0) is 36.4 Å². The first-order chi connectivity index (χ1) is 11.2. The minimum absolute atomic E-state index is 0.0448. The second-order valence-corrected chi connectivity index (χ2v) is 5.57. The van der Waals surface area contributed by atoms with Crippen molar-refractivity contribution in [1.29, 1.82) is 0 Å². The predicted molar refractivity (Wildman–Crippen MR) is 82.1 cm³/mol. The number of rotatable bonds is 5. The summed E-state index contributed by atoms with van der Waals surface area (Å²) >= 11 is 0. The normalized spacial score (nSPS) is 15.6. The lowest BCUT2D eigenvalue weighted by atomic mass is 10.3. The molecule has 3 rings (SSSR count). The molecule has 2 aromatic rings. The van der Waals surface area contributed by atoms with Crippen LogP contribution in [0.4, 0.5) is 4.39 Å². The highest BCUT2D eigenvalue weighted by atomic mass is 19.1. The van der Waals surface area contributed by atoms with E-state index < -0.39 is 0 Å². The molecule has 0 aliphatic carbocycles. The van der Waals surface area contributed by atoms with Crippen LogP contribution in [-0.4, -0.2) is 50.1 Å². The summed E-state index contributed by atoms with van der Waals surface area (Å²) in [5.41, 5.74) is 0. The van der Waals surface area contributed by atoms with Gasteiger partial charge in [0.1, 0.15) is 24.7 Å². The van der Waals surface area contributed by atoms with E-state index >= 15 is 0 Å². The maximum absolute atomic E-state index is 12.8. The smallest absolute Gasteiger partial charge is 0.289 e. The SMILES string of the molecule is O=C(c1ccco1)N1CC[NH+](CCOc2ccc(F)cc2)CC1. The lowest BCUT2D eigenvalue weighted by molar-refractivity contribution is -0.903. The molecule has 0 atom stereocenters. The van der Waals surface area contributed by atoms with Gasteiger partial charge in [-0.25, -0.2) is 4.39 Å². The number of quaternary nitrogens is 1. The van der Waals surface area contributed by atoms with Gasteiger partial charge in [0.05, 0.1) is 32.4 Å². The standard InChI is InChI=1S/C17H19FN2O3/c18-14-3-5-15(6-4-14)22-13-11-19-7-9-20(10-8-19)17(21)16-2-1-12-23-16/h1-6,12H,7-11,13H2/p+1. The Balaban J connectivity index is 1.39. The third-order valence-electron chi connectivity index (χ3n) is 4.03. The molecular formula is C17H20FN2O3+. The van der Waals surface area contributed by atoms with Crippen LogP contribution in [0.2, 0.25) is 0 Å². The molecule has 5 nitrogen and oxygen atoms in total. The average molecular weight is 319 g/mol. The van der Waals surface area contributed by atoms with Crippen molar-refractivity contribution in [3.05, 3.63) is 54.2 Å². The van der Waals surface area contributed by atoms with E-state index in [1.807, 2.05) is 4.90 Å². The number of furan rings is 1. The van der Waals surface area contributed by atoms with Gasteiger partial charge in [0.25, 0.3) is 5.91 Å². The van der Waals surface area contributed by atoms with Crippen LogP contribution in [0.15, 0.2) is 47.1 Å². The molecule has 1 saturated heterocycles. The lowest BCUT2D eigenvalue weighted by Gasteiger charge is -2.31. The van der Waals surface area contributed by atoms with Crippen LogP contribution in [0.25, 0.3) is 0 Å². The Labute approximate surface area is 134 Å². The van der Waals surface area contributed by atoms with Crippen LogP contribution in [0.1, 0.15) is 10.6 Å². The van der Waals surface area contributed by atoms with Crippen LogP contribution >= 0.6 is 0 Å². The average Bonchev–Trinajstić information content (AvgIpc) is 3.11. The van der Waals surface area contributed by atoms with E-state index in [4.69, 9.17) is 9.15 Å². The molecule has 1 aromatic heterocycles. The molecule has 0 radical (unpaired) electrons. The Kier molecular flexibility index (Phi) is 4.92. The molecule has 1 fully saturated rings. The summed E-state index contributed by atoms with van der Waals surface area (Å²) < 4.78 is 23.6. The molecule has 1 aliphatic rings. The molecular weight excluding hydrogens is 299 g/mol. The summed E-state index contributed by atoms with van der Waals surface area (Å²) in [6.07, 6.45) is 1.52. The summed E-state index contributed by atoms with van der Waals surface area (Å²) in [7, 11) is 0. The summed E-state index contributed by atoms with van der Waals surface area (Å²) in [6.45, 7) is 4.64. The number of benzene rings is 1. The summed E-state index contributed by atoms with van der Waals surface area (Å²) in [4.78, 5) is 15.4. The molecule has 122 valence electrons. The van der Waals surface area contributed by atoms with Gasteiger partial charge in [0.15, 0.2) is 5.76 Å². The number of nitrogens with one attached hydrogen (secondary N) is 1. The van der Waals surface area contributed by atoms with Gasteiger partial charge in [-0.1, -0.05) is 0 Å². The van der Waals surface area contributed by atoms with Gasteiger partial charge in [0, 0.05) is 0 Å². The van der Waals surface area contributed by atoms with Crippen LogP contribution < -0.4 is 9.64 Å². The molecule has 1 aliphatic heterocycles. The van der Waals surface area contributed by atoms with E-state index in [2.05, 4.69) is 0 Å². The molecule has 6 heteroatoms. The lowest BCUT2D eigenvalue weighted by Crippen LogP contribution is -3.15. The number of hydrogen-bond donors (Lipinski definition) is 1. The first-order valence-electron chi connectivity index (χ1n) is 7.77. The molecule has 1 aromatic carbocycles. The number of halogens is 1. The Morgan fingerprint density at radius 2 is 1.96 bits per heavy atom. The molecule has 23 heavy (non-hydrogen) atoms. The zero-order valence-corrected chi connectivity index (χ0v) is 12.8. The molecule has 0 unspecified atom stereocenters. The third-order valence-corrected chi connectivity index (χ3v) is 4.03. The number of amides is 1. The van der Waals surface area contributed by atoms with E-state index in [1.165, 1.54) is 23.3 Å². The molecule has 0 bridgehead atoms. The van der Waals surface area contributed by atoms with Crippen molar-refractivity contribution < 1.29 is 23.2 Å². The van der Waals surface area contributed by atoms with Crippen molar-refractivity contribution in [2.45, 2.75) is 0 Å². The van der Waals surface area contributed by atoms with Gasteiger partial charge in [-0.15, -0.1) is 0 Å². The van der Waals surface area contributed by atoms with Gasteiger partial charge in [0.2, 0.25) is 0 Å². The van der Waals surface area contributed by atoms with Crippen molar-refractivity contribution in [2.75, 3.05) is 39.3 Å². The molecule has 2 heterocycles. The van der Waals surface area contributed by atoms with Gasteiger partial charge in [-0.3, -0.25) is 4.79 Å². The van der Waals surface area contributed by atoms with Crippen molar-refractivity contribution in [2.24, 2.45) is 0 Å². The number of nitrogens with zero attached hydrogens (tertiary/aromatic N) is 1. The number of ether oxygens (including phenoxy) is 1. The quantitative estimate of drug-likeness (QED) is 0.888. The summed E-state index contributed by atoms with van der Waals surface area (Å²) in [6, 6.07) is 9.46. The zero-order chi connectivity index (χ0) is 16.1. The first-order valence-corrected chi connectivity index (χ1v) is 7.77. The second-order valence-electron chi connectivity index (χ2n) is 5.57. The number of hydrogen-bond acceptors (Lipinski definition) is 3. The fraction of sp³-hybridized carbons (Fsp3) is 0.353. The minimum atomic E-state index is -0.264. The van der Waals surface area contributed by atoms with E-state index in [-0.39, 0.29) is 11.7 Å². The van der Waals surface area contributed by atoms with Crippen molar-refractivity contribution >= 4 is 5.91 Å². The fourth-order valence-electron chi connectivity index (χ4n) is 2.68. The highest BCUT2D eigenvalue weighted by molar-refractivity contribution is 5.91. The monoisotopic (exact) mass is 319 g/mol.